The Morgan fingerprint density at radius 1 is 1.26 bits per heavy atom. The highest BCUT2D eigenvalue weighted by Crippen LogP contribution is 2.45. The molecule has 1 amide bonds. The van der Waals surface area contributed by atoms with Gasteiger partial charge in [0.1, 0.15) is 5.75 Å². The third kappa shape index (κ3) is 4.24. The van der Waals surface area contributed by atoms with E-state index in [1.807, 2.05) is 52.3 Å². The Hall–Kier alpha value is -3.04. The molecule has 1 atom stereocenters. The lowest BCUT2D eigenvalue weighted by Gasteiger charge is -2.35. The zero-order valence-electron chi connectivity index (χ0n) is 17.2. The molecule has 4 rings (SSSR count). The van der Waals surface area contributed by atoms with Gasteiger partial charge in [0.15, 0.2) is 5.17 Å². The molecule has 0 fully saturated rings. The molecule has 0 spiro atoms. The predicted molar refractivity (Wildman–Crippen MR) is 123 cm³/mol. The van der Waals surface area contributed by atoms with E-state index in [4.69, 9.17) is 9.47 Å². The van der Waals surface area contributed by atoms with Crippen LogP contribution in [0.2, 0.25) is 0 Å². The third-order valence-electron chi connectivity index (χ3n) is 4.96. The number of carbonyl (C=O) groups excluding carboxylic acids is 2. The molecular weight excluding hydrogens is 434 g/mol. The minimum Gasteiger partial charge on any atom is -0.497 e. The molecule has 0 bridgehead atoms. The lowest BCUT2D eigenvalue weighted by Crippen LogP contribution is -2.37. The van der Waals surface area contributed by atoms with Crippen molar-refractivity contribution in [2.45, 2.75) is 19.4 Å². The Morgan fingerprint density at radius 2 is 2.10 bits per heavy atom. The number of esters is 1. The molecule has 0 radical (unpaired) electrons. The zero-order chi connectivity index (χ0) is 22.0. The Morgan fingerprint density at radius 3 is 2.81 bits per heavy atom. The fourth-order valence-corrected chi connectivity index (χ4v) is 5.20. The Labute approximate surface area is 188 Å². The first-order valence-corrected chi connectivity index (χ1v) is 11.3. The van der Waals surface area contributed by atoms with Gasteiger partial charge in [-0.3, -0.25) is 4.79 Å². The summed E-state index contributed by atoms with van der Waals surface area (Å²) in [7, 11) is 2.95. The molecule has 2 aromatic rings. The van der Waals surface area contributed by atoms with Crippen LogP contribution in [0.1, 0.15) is 24.9 Å². The van der Waals surface area contributed by atoms with Gasteiger partial charge >= 0.3 is 5.97 Å². The monoisotopic (exact) mass is 455 g/mol. The average Bonchev–Trinajstić information content (AvgIpc) is 3.43. The Balaban J connectivity index is 1.60. The largest absolute Gasteiger partial charge is 0.497 e. The van der Waals surface area contributed by atoms with E-state index in [2.05, 4.69) is 10.3 Å². The van der Waals surface area contributed by atoms with Crippen molar-refractivity contribution in [2.24, 2.45) is 4.99 Å². The molecule has 0 saturated carbocycles. The van der Waals surface area contributed by atoms with Gasteiger partial charge in [-0.2, -0.15) is 11.3 Å². The summed E-state index contributed by atoms with van der Waals surface area (Å²) in [5, 5.41) is 9.53. The Bertz CT molecular complexity index is 1110. The number of allylic oxidation sites excluding steroid dienone is 1. The quantitative estimate of drug-likeness (QED) is 0.645. The van der Waals surface area contributed by atoms with Crippen LogP contribution in [0.15, 0.2) is 68.5 Å². The molecule has 7 nitrogen and oxygen atoms in total. The van der Waals surface area contributed by atoms with Crippen molar-refractivity contribution in [3.63, 3.8) is 0 Å². The molecule has 1 aromatic heterocycles. The van der Waals surface area contributed by atoms with Gasteiger partial charge < -0.3 is 19.7 Å². The van der Waals surface area contributed by atoms with E-state index in [0.717, 1.165) is 16.4 Å². The minimum absolute atomic E-state index is 0.136. The summed E-state index contributed by atoms with van der Waals surface area (Å²) in [6.45, 7) is 1.81. The van der Waals surface area contributed by atoms with Gasteiger partial charge in [-0.25, -0.2) is 9.79 Å². The van der Waals surface area contributed by atoms with E-state index in [0.29, 0.717) is 22.7 Å². The van der Waals surface area contributed by atoms with Gasteiger partial charge in [-0.1, -0.05) is 17.8 Å². The molecule has 3 heterocycles. The first kappa shape index (κ1) is 21.2. The highest BCUT2D eigenvalue weighted by atomic mass is 32.2. The number of hydrogen-bond acceptors (Lipinski definition) is 8. The molecule has 31 heavy (non-hydrogen) atoms. The number of thioether (sulfide) groups is 1. The van der Waals surface area contributed by atoms with E-state index < -0.39 is 12.0 Å². The van der Waals surface area contributed by atoms with E-state index in [1.54, 1.807) is 24.5 Å². The number of thiophene rings is 1. The number of amides is 1. The average molecular weight is 456 g/mol. The number of anilines is 1. The van der Waals surface area contributed by atoms with Crippen LogP contribution in [-0.4, -0.2) is 36.2 Å². The van der Waals surface area contributed by atoms with Gasteiger partial charge in [-0.15, -0.1) is 0 Å². The molecule has 2 aliphatic heterocycles. The van der Waals surface area contributed by atoms with Gasteiger partial charge in [0.05, 0.1) is 38.0 Å². The van der Waals surface area contributed by atoms with Crippen molar-refractivity contribution in [1.82, 2.24) is 4.90 Å². The lowest BCUT2D eigenvalue weighted by atomic mass is 9.96. The molecular formula is C22H21N3O4S2. The minimum atomic E-state index is -0.423. The predicted octanol–water partition coefficient (Wildman–Crippen LogP) is 4.53. The summed E-state index contributed by atoms with van der Waals surface area (Å²) < 4.78 is 10.3. The maximum atomic E-state index is 12.8. The first-order valence-electron chi connectivity index (χ1n) is 9.50. The maximum Gasteiger partial charge on any atom is 0.338 e. The SMILES string of the molecule is COC(=O)C1=C(C)N=C2SC=C(CC(=O)Nc3cccc(OC)c3)N2[C@H]1c1ccsc1. The summed E-state index contributed by atoms with van der Waals surface area (Å²) in [5.74, 6) is 0.0737. The van der Waals surface area contributed by atoms with Crippen LogP contribution in [0.3, 0.4) is 0 Å². The number of amidine groups is 1. The van der Waals surface area contributed by atoms with E-state index in [-0.39, 0.29) is 12.3 Å². The van der Waals surface area contributed by atoms with E-state index in [9.17, 15) is 9.59 Å². The van der Waals surface area contributed by atoms with Crippen LogP contribution in [-0.2, 0) is 14.3 Å². The molecule has 160 valence electrons. The second-order valence-electron chi connectivity index (χ2n) is 6.90. The van der Waals surface area contributed by atoms with Crippen LogP contribution in [0.25, 0.3) is 0 Å². The van der Waals surface area contributed by atoms with Crippen molar-refractivity contribution in [3.05, 3.63) is 69.0 Å². The summed E-state index contributed by atoms with van der Waals surface area (Å²) in [4.78, 5) is 32.0. The number of nitrogens with zero attached hydrogens (tertiary/aromatic N) is 2. The molecule has 0 aliphatic carbocycles. The zero-order valence-corrected chi connectivity index (χ0v) is 18.9. The standard InChI is InChI=1S/C22H21N3O4S2/c1-13-19(21(27)29-3)20(14-7-8-30-11-14)25-16(12-31-22(25)23-13)10-18(26)24-15-5-4-6-17(9-15)28-2/h4-9,11-12,20H,10H2,1-3H3,(H,24,26)/t20-/m0/s1. The van der Waals surface area contributed by atoms with Gasteiger partial charge in [0, 0.05) is 17.5 Å². The highest BCUT2D eigenvalue weighted by Gasteiger charge is 2.41. The summed E-state index contributed by atoms with van der Waals surface area (Å²) in [6.07, 6.45) is 0.136. The first-order chi connectivity index (χ1) is 15.0. The summed E-state index contributed by atoms with van der Waals surface area (Å²) >= 11 is 3.00. The Kier molecular flexibility index (Phi) is 6.15. The maximum absolute atomic E-state index is 12.8. The molecule has 1 N–H and O–H groups in total. The van der Waals surface area contributed by atoms with Crippen LogP contribution < -0.4 is 10.1 Å². The number of benzene rings is 1. The van der Waals surface area contributed by atoms with Gasteiger partial charge in [-0.05, 0) is 46.9 Å². The van der Waals surface area contributed by atoms with E-state index in [1.165, 1.54) is 18.9 Å². The van der Waals surface area contributed by atoms with Crippen molar-refractivity contribution in [2.75, 3.05) is 19.5 Å². The summed E-state index contributed by atoms with van der Waals surface area (Å²) in [6, 6.07) is 8.79. The molecule has 0 unspecified atom stereocenters. The smallest absolute Gasteiger partial charge is 0.338 e. The summed E-state index contributed by atoms with van der Waals surface area (Å²) in [5.41, 5.74) is 3.49. The molecule has 1 aromatic carbocycles. The van der Waals surface area contributed by atoms with Crippen molar-refractivity contribution in [3.8, 4) is 5.75 Å². The number of carbonyl (C=O) groups is 2. The van der Waals surface area contributed by atoms with Crippen molar-refractivity contribution < 1.29 is 19.1 Å². The van der Waals surface area contributed by atoms with Crippen molar-refractivity contribution in [1.29, 1.82) is 0 Å². The molecule has 2 aliphatic rings. The second kappa shape index (κ2) is 8.99. The number of methoxy groups -OCH3 is 2. The van der Waals surface area contributed by atoms with Gasteiger partial charge in [0.25, 0.3) is 0 Å². The number of hydrogen-bond donors (Lipinski definition) is 1. The normalized spacial score (nSPS) is 17.6. The number of fused-ring (bicyclic) bond motifs is 1. The molecule has 0 saturated heterocycles. The number of aliphatic imine (C=N–C) groups is 1. The number of rotatable bonds is 6. The topological polar surface area (TPSA) is 80.2 Å². The lowest BCUT2D eigenvalue weighted by molar-refractivity contribution is -0.136. The fraction of sp³-hybridized carbons (Fsp3) is 0.227. The van der Waals surface area contributed by atoms with Crippen molar-refractivity contribution >= 4 is 45.8 Å². The molecule has 9 heteroatoms. The highest BCUT2D eigenvalue weighted by molar-refractivity contribution is 8.16. The second-order valence-corrected chi connectivity index (χ2v) is 8.51. The van der Waals surface area contributed by atoms with Crippen LogP contribution in [0.4, 0.5) is 5.69 Å². The number of ether oxygens (including phenoxy) is 2. The van der Waals surface area contributed by atoms with Gasteiger partial charge in [0.2, 0.25) is 5.91 Å². The van der Waals surface area contributed by atoms with E-state index >= 15 is 0 Å². The number of nitrogens with one attached hydrogen (secondary N) is 1. The van der Waals surface area contributed by atoms with Crippen LogP contribution in [0, 0.1) is 0 Å². The fourth-order valence-electron chi connectivity index (χ4n) is 3.56. The van der Waals surface area contributed by atoms with Crippen LogP contribution in [0.5, 0.6) is 5.75 Å². The van der Waals surface area contributed by atoms with Crippen LogP contribution >= 0.6 is 23.1 Å². The third-order valence-corrected chi connectivity index (χ3v) is 6.55.